The van der Waals surface area contributed by atoms with E-state index >= 15 is 0 Å². The van der Waals surface area contributed by atoms with E-state index in [-0.39, 0.29) is 17.0 Å². The lowest BCUT2D eigenvalue weighted by atomic mass is 9.89. The molecule has 1 rings (SSSR count). The fourth-order valence-corrected chi connectivity index (χ4v) is 5.05. The molecule has 180 valence electrons. The third-order valence-corrected chi connectivity index (χ3v) is 6.82. The second-order valence-electron chi connectivity index (χ2n) is 8.00. The number of hydrogen-bond acceptors (Lipinski definition) is 5. The quantitative estimate of drug-likeness (QED) is 0.303. The van der Waals surface area contributed by atoms with Crippen LogP contribution in [-0.2, 0) is 24.4 Å². The Morgan fingerprint density at radius 3 is 1.45 bits per heavy atom. The van der Waals surface area contributed by atoms with E-state index in [9.17, 15) is 38.8 Å². The molecule has 0 saturated carbocycles. The molecule has 0 fully saturated rings. The van der Waals surface area contributed by atoms with Gasteiger partial charge in [-0.05, 0) is 34.4 Å². The molecule has 0 bridgehead atoms. The third kappa shape index (κ3) is 5.93. The molecule has 13 heteroatoms. The highest BCUT2D eigenvalue weighted by atomic mass is 32.2. The van der Waals surface area contributed by atoms with Crippen molar-refractivity contribution in [3.05, 3.63) is 28.8 Å². The monoisotopic (exact) mass is 496 g/mol. The topological polar surface area (TPSA) is 97.7 Å². The van der Waals surface area contributed by atoms with E-state index in [0.717, 1.165) is 0 Å². The molecule has 1 atom stereocenters. The Hall–Kier alpha value is -1.31. The van der Waals surface area contributed by atoms with E-state index in [2.05, 4.69) is 4.18 Å². The second-order valence-corrected chi connectivity index (χ2v) is 11.0. The minimum absolute atomic E-state index is 0.0333. The van der Waals surface area contributed by atoms with Gasteiger partial charge in [0, 0.05) is 0 Å². The molecule has 0 amide bonds. The van der Waals surface area contributed by atoms with Crippen molar-refractivity contribution in [3.63, 3.8) is 0 Å². The molecular formula is C18H25F5O6S2. The highest BCUT2D eigenvalue weighted by Gasteiger charge is 2.66. The first-order valence-corrected chi connectivity index (χ1v) is 12.0. The predicted molar refractivity (Wildman–Crippen MR) is 103 cm³/mol. The third-order valence-electron chi connectivity index (χ3n) is 4.50. The van der Waals surface area contributed by atoms with Crippen molar-refractivity contribution in [3.8, 4) is 0 Å². The van der Waals surface area contributed by atoms with Crippen LogP contribution in [0.5, 0.6) is 0 Å². The standard InChI is InChI=1S/C18H25F5O6S2/c1-9(2)12-7-13(10(3)4)15(14(8-12)11(5)6)30(24,25)29-16(17(19,20)21)18(22,23)31(26,27)28/h7-11,16H,1-6H3,(H,26,27,28). The lowest BCUT2D eigenvalue weighted by Gasteiger charge is -2.28. The summed E-state index contributed by atoms with van der Waals surface area (Å²) in [7, 11) is -12.2. The summed E-state index contributed by atoms with van der Waals surface area (Å²) in [5.41, 5.74) is 0.735. The zero-order valence-electron chi connectivity index (χ0n) is 17.7. The fourth-order valence-electron chi connectivity index (χ4n) is 2.79. The smallest absolute Gasteiger partial charge is 0.281 e. The number of hydrogen-bond donors (Lipinski definition) is 1. The van der Waals surface area contributed by atoms with Crippen molar-refractivity contribution in [1.82, 2.24) is 0 Å². The number of halogens is 5. The van der Waals surface area contributed by atoms with E-state index in [0.29, 0.717) is 5.56 Å². The van der Waals surface area contributed by atoms with Gasteiger partial charge in [-0.3, -0.25) is 4.55 Å². The molecule has 31 heavy (non-hydrogen) atoms. The normalized spacial score (nSPS) is 15.2. The maximum Gasteiger partial charge on any atom is 0.423 e. The molecule has 0 heterocycles. The summed E-state index contributed by atoms with van der Waals surface area (Å²) in [4.78, 5) is -0.734. The lowest BCUT2D eigenvalue weighted by Crippen LogP contribution is -2.52. The molecule has 1 N–H and O–H groups in total. The van der Waals surface area contributed by atoms with Gasteiger partial charge in [0.2, 0.25) is 0 Å². The van der Waals surface area contributed by atoms with Gasteiger partial charge in [0.05, 0.1) is 0 Å². The molecule has 0 aliphatic rings. The first kappa shape index (κ1) is 27.7. The Kier molecular flexibility index (Phi) is 7.97. The fraction of sp³-hybridized carbons (Fsp3) is 0.667. The van der Waals surface area contributed by atoms with Crippen LogP contribution in [0.15, 0.2) is 17.0 Å². The summed E-state index contributed by atoms with van der Waals surface area (Å²) in [5.74, 6) is -1.20. The zero-order valence-corrected chi connectivity index (χ0v) is 19.3. The Balaban J connectivity index is 3.88. The summed E-state index contributed by atoms with van der Waals surface area (Å²) in [5, 5.41) is -5.97. The molecule has 0 saturated heterocycles. The molecule has 0 aliphatic carbocycles. The van der Waals surface area contributed by atoms with E-state index in [1.54, 1.807) is 41.5 Å². The van der Waals surface area contributed by atoms with Gasteiger partial charge in [-0.25, -0.2) is 4.18 Å². The average Bonchev–Trinajstić information content (AvgIpc) is 2.56. The lowest BCUT2D eigenvalue weighted by molar-refractivity contribution is -0.237. The molecule has 0 aromatic heterocycles. The van der Waals surface area contributed by atoms with E-state index in [1.165, 1.54) is 12.1 Å². The van der Waals surface area contributed by atoms with Crippen LogP contribution in [-0.4, -0.2) is 38.9 Å². The van der Waals surface area contributed by atoms with Crippen LogP contribution < -0.4 is 0 Å². The largest absolute Gasteiger partial charge is 0.423 e. The average molecular weight is 497 g/mol. The molecule has 6 nitrogen and oxygen atoms in total. The number of alkyl halides is 5. The van der Waals surface area contributed by atoms with Crippen molar-refractivity contribution >= 4 is 20.2 Å². The van der Waals surface area contributed by atoms with Crippen molar-refractivity contribution in [2.45, 2.75) is 81.7 Å². The highest BCUT2D eigenvalue weighted by Crippen LogP contribution is 2.42. The van der Waals surface area contributed by atoms with Crippen molar-refractivity contribution in [2.75, 3.05) is 0 Å². The molecule has 0 aliphatic heterocycles. The Morgan fingerprint density at radius 2 is 1.19 bits per heavy atom. The van der Waals surface area contributed by atoms with Crippen LogP contribution >= 0.6 is 0 Å². The summed E-state index contributed by atoms with van der Waals surface area (Å²) in [6, 6.07) is 2.86. The summed E-state index contributed by atoms with van der Waals surface area (Å²) >= 11 is 0. The molecule has 1 aromatic carbocycles. The summed E-state index contributed by atoms with van der Waals surface area (Å²) < 4.78 is 127. The van der Waals surface area contributed by atoms with Crippen LogP contribution in [0.4, 0.5) is 22.0 Å². The van der Waals surface area contributed by atoms with Gasteiger partial charge in [0.15, 0.2) is 0 Å². The van der Waals surface area contributed by atoms with Crippen molar-refractivity contribution < 1.29 is 47.5 Å². The van der Waals surface area contributed by atoms with E-state index in [4.69, 9.17) is 4.55 Å². The maximum atomic E-state index is 13.9. The van der Waals surface area contributed by atoms with Crippen LogP contribution in [0.2, 0.25) is 0 Å². The molecule has 1 aromatic rings. The Bertz CT molecular complexity index is 983. The van der Waals surface area contributed by atoms with Crippen LogP contribution in [0.25, 0.3) is 0 Å². The van der Waals surface area contributed by atoms with Gasteiger partial charge >= 0.3 is 21.5 Å². The predicted octanol–water partition coefficient (Wildman–Crippen LogP) is 5.17. The first-order valence-electron chi connectivity index (χ1n) is 9.17. The molecule has 0 radical (unpaired) electrons. The van der Waals surface area contributed by atoms with Crippen molar-refractivity contribution in [1.29, 1.82) is 0 Å². The van der Waals surface area contributed by atoms with Gasteiger partial charge in [-0.2, -0.15) is 38.8 Å². The Morgan fingerprint density at radius 1 is 0.806 bits per heavy atom. The maximum absolute atomic E-state index is 13.9. The number of benzene rings is 1. The summed E-state index contributed by atoms with van der Waals surface area (Å²) in [6.07, 6.45) is -10.8. The summed E-state index contributed by atoms with van der Waals surface area (Å²) in [6.45, 7) is 9.82. The van der Waals surface area contributed by atoms with E-state index < -0.39 is 54.5 Å². The highest BCUT2D eigenvalue weighted by molar-refractivity contribution is 7.87. The Labute approximate surface area is 178 Å². The molecule has 0 spiro atoms. The number of rotatable bonds is 8. The van der Waals surface area contributed by atoms with Gasteiger partial charge in [0.1, 0.15) is 4.90 Å². The molecular weight excluding hydrogens is 471 g/mol. The van der Waals surface area contributed by atoms with Crippen LogP contribution in [0.3, 0.4) is 0 Å². The van der Waals surface area contributed by atoms with Crippen LogP contribution in [0, 0.1) is 0 Å². The zero-order chi connectivity index (χ0) is 24.7. The van der Waals surface area contributed by atoms with Gasteiger partial charge in [-0.1, -0.05) is 53.7 Å². The van der Waals surface area contributed by atoms with Gasteiger partial charge in [-0.15, -0.1) is 0 Å². The van der Waals surface area contributed by atoms with Gasteiger partial charge < -0.3 is 0 Å². The van der Waals surface area contributed by atoms with Gasteiger partial charge in [0.25, 0.3) is 16.2 Å². The first-order chi connectivity index (χ1) is 13.6. The van der Waals surface area contributed by atoms with Crippen LogP contribution in [0.1, 0.15) is 76.0 Å². The SMILES string of the molecule is CC(C)c1cc(C(C)C)c(S(=O)(=O)OC(C(F)(F)F)C(F)(F)S(=O)(=O)O)c(C(C)C)c1. The molecule has 1 unspecified atom stereocenters. The minimum Gasteiger partial charge on any atom is -0.281 e. The van der Waals surface area contributed by atoms with E-state index in [1.807, 2.05) is 0 Å². The van der Waals surface area contributed by atoms with Crippen molar-refractivity contribution in [2.24, 2.45) is 0 Å². The second kappa shape index (κ2) is 8.91. The minimum atomic E-state index is -6.65.